The van der Waals surface area contributed by atoms with Crippen molar-refractivity contribution in [2.45, 2.75) is 38.4 Å². The molecular formula is C30H29Cl2F2N2O9S-. The summed E-state index contributed by atoms with van der Waals surface area (Å²) < 4.78 is 72.2. The Kier molecular flexibility index (Phi) is 12.5. The Hall–Kier alpha value is -3.56. The number of esters is 2. The van der Waals surface area contributed by atoms with Crippen molar-refractivity contribution in [3.63, 3.8) is 0 Å². The van der Waals surface area contributed by atoms with E-state index in [9.17, 15) is 32.3 Å². The van der Waals surface area contributed by atoms with Gasteiger partial charge in [-0.25, -0.2) is 9.10 Å². The number of alkyl halides is 2. The Morgan fingerprint density at radius 3 is 2.35 bits per heavy atom. The zero-order valence-electron chi connectivity index (χ0n) is 24.4. The van der Waals surface area contributed by atoms with Crippen LogP contribution in [0.5, 0.6) is 11.5 Å². The van der Waals surface area contributed by atoms with Gasteiger partial charge >= 0.3 is 18.6 Å². The van der Waals surface area contributed by atoms with Gasteiger partial charge in [0.1, 0.15) is 22.7 Å². The van der Waals surface area contributed by atoms with Crippen LogP contribution in [0.2, 0.25) is 10.0 Å². The van der Waals surface area contributed by atoms with E-state index in [1.807, 2.05) is 0 Å². The van der Waals surface area contributed by atoms with Gasteiger partial charge in [0.25, 0.3) is 0 Å². The molecule has 0 N–H and O–H groups in total. The lowest BCUT2D eigenvalue weighted by Gasteiger charge is -2.26. The van der Waals surface area contributed by atoms with E-state index in [4.69, 9.17) is 32.7 Å². The van der Waals surface area contributed by atoms with Crippen LogP contribution in [0, 0.1) is 11.1 Å². The zero-order valence-corrected chi connectivity index (χ0v) is 26.7. The van der Waals surface area contributed by atoms with Gasteiger partial charge in [-0.1, -0.05) is 41.4 Å². The van der Waals surface area contributed by atoms with Crippen molar-refractivity contribution < 1.29 is 50.8 Å². The van der Waals surface area contributed by atoms with E-state index in [2.05, 4.69) is 9.47 Å². The molecule has 1 saturated carbocycles. The molecule has 0 aliphatic heterocycles. The minimum atomic E-state index is -3.12. The molecule has 16 heteroatoms. The molecule has 11 nitrogen and oxygen atoms in total. The van der Waals surface area contributed by atoms with Gasteiger partial charge in [0, 0.05) is 29.8 Å². The Labute approximate surface area is 275 Å². The predicted octanol–water partition coefficient (Wildman–Crippen LogP) is 4.97. The van der Waals surface area contributed by atoms with Crippen molar-refractivity contribution in [2.75, 3.05) is 26.8 Å². The Balaban J connectivity index is 1.55. The first kappa shape index (κ1) is 35.3. The lowest BCUT2D eigenvalue weighted by atomic mass is 10.0. The molecule has 1 heterocycles. The average molecular weight is 703 g/mol. The number of hydrogen-bond donors (Lipinski definition) is 0. The van der Waals surface area contributed by atoms with Gasteiger partial charge in [-0.2, -0.15) is 13.5 Å². The summed E-state index contributed by atoms with van der Waals surface area (Å²) in [7, 11) is 1.25. The van der Waals surface area contributed by atoms with Crippen molar-refractivity contribution in [3.8, 4) is 11.5 Å². The van der Waals surface area contributed by atoms with Gasteiger partial charge < -0.3 is 28.7 Å². The third-order valence-electron chi connectivity index (χ3n) is 6.99. The third-order valence-corrected chi connectivity index (χ3v) is 8.37. The van der Waals surface area contributed by atoms with E-state index < -0.39 is 42.5 Å². The lowest BCUT2D eigenvalue weighted by Crippen LogP contribution is -2.35. The van der Waals surface area contributed by atoms with Crippen molar-refractivity contribution in [2.24, 2.45) is 5.92 Å². The summed E-state index contributed by atoms with van der Waals surface area (Å²) >= 11 is 9.75. The van der Waals surface area contributed by atoms with Crippen LogP contribution in [0.4, 0.5) is 8.78 Å². The molecule has 3 aromatic rings. The van der Waals surface area contributed by atoms with Crippen LogP contribution in [0.25, 0.3) is 0 Å². The highest BCUT2D eigenvalue weighted by atomic mass is 35.5. The van der Waals surface area contributed by atoms with E-state index >= 15 is 0 Å². The van der Waals surface area contributed by atoms with Gasteiger partial charge in [-0.05, 0) is 60.6 Å². The molecule has 1 aliphatic rings. The summed E-state index contributed by atoms with van der Waals surface area (Å²) in [6.45, 7) is -3.61. The van der Waals surface area contributed by atoms with Crippen LogP contribution in [-0.4, -0.2) is 58.4 Å². The second-order valence-corrected chi connectivity index (χ2v) is 12.1. The molecule has 46 heavy (non-hydrogen) atoms. The minimum absolute atomic E-state index is 0.00564. The van der Waals surface area contributed by atoms with E-state index in [0.717, 1.165) is 29.5 Å². The first-order valence-electron chi connectivity index (χ1n) is 13.9. The molecule has 0 amide bonds. The number of aromatic nitrogens is 1. The number of carbonyl (C=O) groups is 2. The van der Waals surface area contributed by atoms with Crippen LogP contribution >= 0.6 is 23.2 Å². The molecule has 1 aliphatic carbocycles. The Morgan fingerprint density at radius 2 is 1.76 bits per heavy atom. The Morgan fingerprint density at radius 1 is 1.09 bits per heavy atom. The Bertz CT molecular complexity index is 1540. The number of rotatable bonds is 16. The standard InChI is InChI=1S/C30H30Cl2F2N2O9S/c1-42-29(38)20-6-4-18(5-7-20)10-11-36(46(40)41)16-28(37)44-26(13-22-23(31)14-35(39)15-24(22)32)21-8-9-25(45-30(33)34)27(12-21)43-17-19-2-3-19/h4-9,12,14-15,19,26,30H,2-3,10-11,13,16-17H2,1H3,(H,40,41)/p-1. The number of pyridine rings is 1. The normalized spacial score (nSPS) is 14.2. The summed E-state index contributed by atoms with van der Waals surface area (Å²) in [5.41, 5.74) is 1.56. The molecular weight excluding hydrogens is 673 g/mol. The van der Waals surface area contributed by atoms with Gasteiger partial charge in [0.05, 0.1) is 19.3 Å². The number of hydrogen-bond acceptors (Lipinski definition) is 9. The van der Waals surface area contributed by atoms with Crippen LogP contribution in [0.15, 0.2) is 54.9 Å². The second kappa shape index (κ2) is 16.3. The minimum Gasteiger partial charge on any atom is -0.760 e. The molecule has 248 valence electrons. The number of methoxy groups -OCH3 is 1. The van der Waals surface area contributed by atoms with E-state index in [-0.39, 0.29) is 64.6 Å². The fraction of sp³-hybridized carbons (Fsp3) is 0.367. The third kappa shape index (κ3) is 10.2. The quantitative estimate of drug-likeness (QED) is 0.0876. The monoisotopic (exact) mass is 701 g/mol. The number of benzene rings is 2. The van der Waals surface area contributed by atoms with E-state index in [0.29, 0.717) is 15.9 Å². The molecule has 4 rings (SSSR count). The van der Waals surface area contributed by atoms with Crippen molar-refractivity contribution in [1.29, 1.82) is 0 Å². The van der Waals surface area contributed by atoms with Crippen LogP contribution in [0.3, 0.4) is 0 Å². The van der Waals surface area contributed by atoms with Crippen molar-refractivity contribution in [1.82, 2.24) is 4.31 Å². The largest absolute Gasteiger partial charge is 0.760 e. The summed E-state index contributed by atoms with van der Waals surface area (Å²) in [6.07, 6.45) is 2.88. The summed E-state index contributed by atoms with van der Waals surface area (Å²) in [5.74, 6) is -1.41. The molecule has 0 bridgehead atoms. The van der Waals surface area contributed by atoms with Crippen molar-refractivity contribution >= 4 is 46.4 Å². The molecule has 2 unspecified atom stereocenters. The SMILES string of the molecule is COC(=O)c1ccc(CCN(CC(=O)OC(Cc2c(Cl)c[n+]([O-])cc2Cl)c2ccc(OC(F)F)c(OCC3CC3)c2)S(=O)[O-])cc1. The fourth-order valence-corrected chi connectivity index (χ4v) is 5.44. The van der Waals surface area contributed by atoms with Gasteiger partial charge in [0.2, 0.25) is 0 Å². The van der Waals surface area contributed by atoms with Gasteiger partial charge in [-0.15, -0.1) is 0 Å². The maximum atomic E-state index is 13.2. The van der Waals surface area contributed by atoms with Gasteiger partial charge in [-0.3, -0.25) is 9.00 Å². The van der Waals surface area contributed by atoms with E-state index in [1.165, 1.54) is 37.4 Å². The predicted molar refractivity (Wildman–Crippen MR) is 161 cm³/mol. The average Bonchev–Trinajstić information content (AvgIpc) is 3.84. The summed E-state index contributed by atoms with van der Waals surface area (Å²) in [6, 6.07) is 10.4. The number of nitrogens with zero attached hydrogens (tertiary/aromatic N) is 2. The fourth-order valence-electron chi connectivity index (χ4n) is 4.39. The van der Waals surface area contributed by atoms with Crippen LogP contribution in [0.1, 0.15) is 46.0 Å². The summed E-state index contributed by atoms with van der Waals surface area (Å²) in [4.78, 5) is 24.8. The zero-order chi connectivity index (χ0) is 33.4. The number of ether oxygens (including phenoxy) is 4. The molecule has 0 radical (unpaired) electrons. The molecule has 1 aromatic heterocycles. The highest BCUT2D eigenvalue weighted by Gasteiger charge is 2.27. The first-order valence-corrected chi connectivity index (χ1v) is 15.7. The lowest BCUT2D eigenvalue weighted by molar-refractivity contribution is -0.605. The smallest absolute Gasteiger partial charge is 0.387 e. The van der Waals surface area contributed by atoms with Crippen molar-refractivity contribution in [3.05, 3.63) is 92.4 Å². The molecule has 0 spiro atoms. The first-order chi connectivity index (χ1) is 21.9. The molecule has 2 atom stereocenters. The van der Waals surface area contributed by atoms with Crippen LogP contribution < -0.4 is 14.2 Å². The highest BCUT2D eigenvalue weighted by molar-refractivity contribution is 7.76. The molecule has 1 fully saturated rings. The highest BCUT2D eigenvalue weighted by Crippen LogP contribution is 2.37. The van der Waals surface area contributed by atoms with Crippen LogP contribution in [-0.2, 0) is 38.4 Å². The number of halogens is 4. The summed E-state index contributed by atoms with van der Waals surface area (Å²) in [5, 5.41) is 11.8. The topological polar surface area (TPSA) is 141 Å². The maximum absolute atomic E-state index is 13.2. The van der Waals surface area contributed by atoms with E-state index in [1.54, 1.807) is 12.1 Å². The van der Waals surface area contributed by atoms with Gasteiger partial charge in [0.15, 0.2) is 23.9 Å². The second-order valence-electron chi connectivity index (χ2n) is 10.3. The molecule has 0 saturated heterocycles. The maximum Gasteiger partial charge on any atom is 0.387 e. The molecule has 2 aromatic carbocycles. The number of carbonyl (C=O) groups excluding carboxylic acids is 2.